The summed E-state index contributed by atoms with van der Waals surface area (Å²) in [6, 6.07) is 13.3. The van der Waals surface area contributed by atoms with Crippen LogP contribution in [0.4, 0.5) is 10.8 Å². The maximum absolute atomic E-state index is 13.3. The molecule has 32 heavy (non-hydrogen) atoms. The number of anilines is 2. The number of ether oxygens (including phenoxy) is 2. The molecule has 2 amide bonds. The molecule has 0 saturated heterocycles. The van der Waals surface area contributed by atoms with Crippen LogP contribution in [0.15, 0.2) is 47.4 Å². The van der Waals surface area contributed by atoms with Gasteiger partial charge >= 0.3 is 0 Å². The molecule has 10 heteroatoms. The Hall–Kier alpha value is -3.11. The van der Waals surface area contributed by atoms with Gasteiger partial charge < -0.3 is 14.4 Å². The third-order valence-corrected chi connectivity index (χ3v) is 7.02. The standard InChI is InChI=1S/C22H22N4O4S2/c1-13-24-25-22(31-13)23-20(27)12-26-15-6-4-5-7-18(15)32-19(11-21(26)28)14-8-9-16(29-2)17(10-14)30-3/h4-10,19H,11-12H2,1-3H3,(H,23,25,27). The molecule has 0 saturated carbocycles. The van der Waals surface area contributed by atoms with Crippen molar-refractivity contribution in [1.29, 1.82) is 0 Å². The third kappa shape index (κ3) is 4.71. The van der Waals surface area contributed by atoms with Gasteiger partial charge in [0.25, 0.3) is 0 Å². The van der Waals surface area contributed by atoms with E-state index in [-0.39, 0.29) is 30.0 Å². The molecule has 0 radical (unpaired) electrons. The monoisotopic (exact) mass is 470 g/mol. The Morgan fingerprint density at radius 3 is 2.66 bits per heavy atom. The van der Waals surface area contributed by atoms with Gasteiger partial charge in [-0.05, 0) is 36.8 Å². The van der Waals surface area contributed by atoms with Crippen molar-refractivity contribution in [2.24, 2.45) is 0 Å². The maximum Gasteiger partial charge on any atom is 0.246 e. The molecule has 0 spiro atoms. The van der Waals surface area contributed by atoms with E-state index in [4.69, 9.17) is 9.47 Å². The highest BCUT2D eigenvalue weighted by molar-refractivity contribution is 7.99. The summed E-state index contributed by atoms with van der Waals surface area (Å²) in [5.41, 5.74) is 1.67. The zero-order valence-corrected chi connectivity index (χ0v) is 19.5. The molecule has 3 aromatic rings. The summed E-state index contributed by atoms with van der Waals surface area (Å²) < 4.78 is 10.8. The number of hydrogen-bond acceptors (Lipinski definition) is 8. The van der Waals surface area contributed by atoms with Gasteiger partial charge in [0.1, 0.15) is 11.6 Å². The lowest BCUT2D eigenvalue weighted by Crippen LogP contribution is -2.38. The van der Waals surface area contributed by atoms with E-state index in [0.717, 1.165) is 15.5 Å². The molecular weight excluding hydrogens is 448 g/mol. The Balaban J connectivity index is 1.60. The fraction of sp³-hybridized carbons (Fsp3) is 0.273. The second-order valence-corrected chi connectivity index (χ2v) is 9.47. The van der Waals surface area contributed by atoms with Crippen molar-refractivity contribution >= 4 is 45.7 Å². The van der Waals surface area contributed by atoms with Gasteiger partial charge in [0.05, 0.1) is 19.9 Å². The number of carbonyl (C=O) groups excluding carboxylic acids is 2. The van der Waals surface area contributed by atoms with Crippen LogP contribution in [0.25, 0.3) is 0 Å². The van der Waals surface area contributed by atoms with Crippen molar-refractivity contribution in [2.45, 2.75) is 23.5 Å². The highest BCUT2D eigenvalue weighted by Gasteiger charge is 2.31. The maximum atomic E-state index is 13.3. The van der Waals surface area contributed by atoms with Crippen molar-refractivity contribution < 1.29 is 19.1 Å². The molecule has 1 aliphatic rings. The number of thioether (sulfide) groups is 1. The molecule has 1 N–H and O–H groups in total. The van der Waals surface area contributed by atoms with Crippen molar-refractivity contribution in [3.05, 3.63) is 53.0 Å². The van der Waals surface area contributed by atoms with Crippen LogP contribution in [0.3, 0.4) is 0 Å². The van der Waals surface area contributed by atoms with E-state index in [9.17, 15) is 9.59 Å². The molecule has 0 bridgehead atoms. The molecule has 2 heterocycles. The number of fused-ring (bicyclic) bond motifs is 1. The van der Waals surface area contributed by atoms with Gasteiger partial charge in [0, 0.05) is 16.6 Å². The Bertz CT molecular complexity index is 1150. The molecular formula is C22H22N4O4S2. The van der Waals surface area contributed by atoms with Crippen LogP contribution < -0.4 is 19.7 Å². The molecule has 8 nitrogen and oxygen atoms in total. The number of carbonyl (C=O) groups is 2. The molecule has 0 fully saturated rings. The van der Waals surface area contributed by atoms with Crippen LogP contribution in [-0.2, 0) is 9.59 Å². The van der Waals surface area contributed by atoms with Crippen LogP contribution >= 0.6 is 23.1 Å². The average molecular weight is 471 g/mol. The SMILES string of the molecule is COc1ccc(C2CC(=O)N(CC(=O)Nc3nnc(C)s3)c3ccccc3S2)cc1OC. The number of aryl methyl sites for hydroxylation is 1. The number of hydrogen-bond donors (Lipinski definition) is 1. The minimum Gasteiger partial charge on any atom is -0.493 e. The smallest absolute Gasteiger partial charge is 0.246 e. The fourth-order valence-electron chi connectivity index (χ4n) is 3.44. The Morgan fingerprint density at radius 1 is 1.16 bits per heavy atom. The first-order chi connectivity index (χ1) is 15.5. The summed E-state index contributed by atoms with van der Waals surface area (Å²) in [6.07, 6.45) is 0.236. The van der Waals surface area contributed by atoms with Crippen LogP contribution in [0, 0.1) is 6.92 Å². The molecule has 2 aromatic carbocycles. The summed E-state index contributed by atoms with van der Waals surface area (Å²) in [5.74, 6) is 0.788. The van der Waals surface area contributed by atoms with E-state index < -0.39 is 0 Å². The van der Waals surface area contributed by atoms with Crippen molar-refractivity contribution in [3.63, 3.8) is 0 Å². The first-order valence-electron chi connectivity index (χ1n) is 9.86. The van der Waals surface area contributed by atoms with Gasteiger partial charge in [-0.3, -0.25) is 14.9 Å². The predicted molar refractivity (Wildman–Crippen MR) is 125 cm³/mol. The Labute approximate surface area is 193 Å². The second-order valence-electron chi connectivity index (χ2n) is 7.05. The van der Waals surface area contributed by atoms with Crippen LogP contribution in [0.5, 0.6) is 11.5 Å². The Kier molecular flexibility index (Phi) is 6.61. The van der Waals surface area contributed by atoms with E-state index >= 15 is 0 Å². The minimum atomic E-state index is -0.320. The molecule has 1 unspecified atom stereocenters. The lowest BCUT2D eigenvalue weighted by atomic mass is 10.1. The highest BCUT2D eigenvalue weighted by Crippen LogP contribution is 2.46. The topological polar surface area (TPSA) is 93.7 Å². The zero-order valence-electron chi connectivity index (χ0n) is 17.8. The van der Waals surface area contributed by atoms with Crippen molar-refractivity contribution in [1.82, 2.24) is 10.2 Å². The first-order valence-corrected chi connectivity index (χ1v) is 11.6. The molecule has 1 atom stereocenters. The van der Waals surface area contributed by atoms with Gasteiger partial charge in [0.2, 0.25) is 16.9 Å². The highest BCUT2D eigenvalue weighted by atomic mass is 32.2. The minimum absolute atomic E-state index is 0.103. The van der Waals surface area contributed by atoms with Crippen LogP contribution in [-0.4, -0.2) is 42.8 Å². The van der Waals surface area contributed by atoms with E-state index in [1.165, 1.54) is 16.2 Å². The lowest BCUT2D eigenvalue weighted by molar-refractivity contribution is -0.121. The summed E-state index contributed by atoms with van der Waals surface area (Å²) >= 11 is 2.88. The van der Waals surface area contributed by atoms with Gasteiger partial charge in [0.15, 0.2) is 11.5 Å². The van der Waals surface area contributed by atoms with Gasteiger partial charge in [-0.2, -0.15) is 0 Å². The van der Waals surface area contributed by atoms with Gasteiger partial charge in [-0.1, -0.05) is 29.5 Å². The van der Waals surface area contributed by atoms with E-state index in [2.05, 4.69) is 15.5 Å². The Morgan fingerprint density at radius 2 is 1.94 bits per heavy atom. The quantitative estimate of drug-likeness (QED) is 0.580. The zero-order chi connectivity index (χ0) is 22.7. The lowest BCUT2D eigenvalue weighted by Gasteiger charge is -2.21. The largest absolute Gasteiger partial charge is 0.493 e. The summed E-state index contributed by atoms with van der Waals surface area (Å²) in [6.45, 7) is 1.71. The number of benzene rings is 2. The number of methoxy groups -OCH3 is 2. The molecule has 1 aromatic heterocycles. The normalized spacial score (nSPS) is 15.7. The first kappa shape index (κ1) is 22.1. The predicted octanol–water partition coefficient (Wildman–Crippen LogP) is 4.07. The number of nitrogens with one attached hydrogen (secondary N) is 1. The third-order valence-electron chi connectivity index (χ3n) is 4.94. The van der Waals surface area contributed by atoms with E-state index in [1.807, 2.05) is 49.4 Å². The van der Waals surface area contributed by atoms with Gasteiger partial charge in [-0.15, -0.1) is 22.0 Å². The number of para-hydroxylation sites is 1. The van der Waals surface area contributed by atoms with Gasteiger partial charge in [-0.25, -0.2) is 0 Å². The van der Waals surface area contributed by atoms with Crippen molar-refractivity contribution in [2.75, 3.05) is 31.0 Å². The number of amides is 2. The number of aromatic nitrogens is 2. The molecule has 1 aliphatic heterocycles. The summed E-state index contributed by atoms with van der Waals surface area (Å²) in [5, 5.41) is 11.6. The molecule has 0 aliphatic carbocycles. The van der Waals surface area contributed by atoms with E-state index in [0.29, 0.717) is 22.3 Å². The molecule has 4 rings (SSSR count). The number of rotatable bonds is 6. The second kappa shape index (κ2) is 9.58. The van der Waals surface area contributed by atoms with Crippen molar-refractivity contribution in [3.8, 4) is 11.5 Å². The summed E-state index contributed by atoms with van der Waals surface area (Å²) in [4.78, 5) is 28.4. The average Bonchev–Trinajstić information content (AvgIpc) is 3.14. The summed E-state index contributed by atoms with van der Waals surface area (Å²) in [7, 11) is 3.17. The van der Waals surface area contributed by atoms with E-state index in [1.54, 1.807) is 26.0 Å². The fourth-order valence-corrected chi connectivity index (χ4v) is 5.32. The van der Waals surface area contributed by atoms with Crippen LogP contribution in [0.1, 0.15) is 22.2 Å². The number of nitrogens with zero attached hydrogens (tertiary/aromatic N) is 3. The van der Waals surface area contributed by atoms with Crippen LogP contribution in [0.2, 0.25) is 0 Å². The molecule has 166 valence electrons.